The molecule has 2 saturated carbocycles. The Bertz CT molecular complexity index is 2150. The van der Waals surface area contributed by atoms with Crippen LogP contribution in [0.5, 0.6) is 0 Å². The van der Waals surface area contributed by atoms with Crippen molar-refractivity contribution in [2.45, 2.75) is 88.1 Å². The number of guanidine groups is 1. The average molecular weight is 811 g/mol. The van der Waals surface area contributed by atoms with E-state index in [1.165, 1.54) is 30.3 Å². The number of alkyl halides is 7. The summed E-state index contributed by atoms with van der Waals surface area (Å²) in [5, 5.41) is 26.3. The second kappa shape index (κ2) is 14.0. The Hall–Kier alpha value is -5.27. The number of aromatic nitrogens is 6. The Balaban J connectivity index is 1.29. The number of nitrogens with one attached hydrogen (secondary N) is 3. The molecule has 3 N–H and O–H groups in total. The lowest BCUT2D eigenvalue weighted by atomic mass is 9.74. The number of hydrogen-bond donors (Lipinski definition) is 3. The second-order valence-corrected chi connectivity index (χ2v) is 15.1. The first-order valence-corrected chi connectivity index (χ1v) is 17.7. The fourth-order valence-corrected chi connectivity index (χ4v) is 6.84. The first-order chi connectivity index (χ1) is 26.4. The van der Waals surface area contributed by atoms with Gasteiger partial charge in [-0.25, -0.2) is 32.0 Å². The van der Waals surface area contributed by atoms with Gasteiger partial charge in [-0.05, 0) is 55.4 Å². The van der Waals surface area contributed by atoms with Crippen molar-refractivity contribution in [3.63, 3.8) is 0 Å². The molecule has 0 radical (unpaired) electrons. The lowest BCUT2D eigenvalue weighted by Crippen LogP contribution is -2.50. The number of hydrogen-bond acceptors (Lipinski definition) is 8. The van der Waals surface area contributed by atoms with Gasteiger partial charge < -0.3 is 15.4 Å². The number of ether oxygens (including phenoxy) is 1. The zero-order valence-electron chi connectivity index (χ0n) is 29.6. The maximum Gasteiger partial charge on any atom is 0.407 e. The highest BCUT2D eigenvalue weighted by Crippen LogP contribution is 2.49. The van der Waals surface area contributed by atoms with Crippen molar-refractivity contribution in [1.82, 2.24) is 45.3 Å². The molecule has 2 amide bonds. The molecule has 13 nitrogen and oxygen atoms in total. The van der Waals surface area contributed by atoms with E-state index in [0.717, 1.165) is 42.6 Å². The highest BCUT2D eigenvalue weighted by Gasteiger charge is 2.60. The van der Waals surface area contributed by atoms with E-state index in [9.17, 15) is 40.3 Å². The van der Waals surface area contributed by atoms with E-state index in [1.54, 1.807) is 23.1 Å². The van der Waals surface area contributed by atoms with Crippen molar-refractivity contribution in [3.05, 3.63) is 77.0 Å². The van der Waals surface area contributed by atoms with Crippen molar-refractivity contribution in [2.24, 2.45) is 5.41 Å². The Labute approximate surface area is 319 Å². The van der Waals surface area contributed by atoms with E-state index in [2.05, 4.69) is 30.9 Å². The molecule has 7 rings (SSSR count). The highest BCUT2D eigenvalue weighted by atomic mass is 35.5. The van der Waals surface area contributed by atoms with Crippen LogP contribution in [0.1, 0.15) is 81.4 Å². The molecule has 1 aliphatic heterocycles. The first-order valence-electron chi connectivity index (χ1n) is 17.4. The molecule has 2 aromatic carbocycles. The van der Waals surface area contributed by atoms with Crippen molar-refractivity contribution in [1.29, 1.82) is 5.41 Å². The van der Waals surface area contributed by atoms with Gasteiger partial charge in [0, 0.05) is 5.56 Å². The largest absolute Gasteiger partial charge is 0.447 e. The van der Waals surface area contributed by atoms with Crippen molar-refractivity contribution >= 4 is 29.6 Å². The number of carbonyl (C=O) groups is 2. The van der Waals surface area contributed by atoms with Crippen molar-refractivity contribution in [3.8, 4) is 16.9 Å². The van der Waals surface area contributed by atoms with E-state index < -0.39 is 78.4 Å². The van der Waals surface area contributed by atoms with E-state index in [4.69, 9.17) is 21.7 Å². The smallest absolute Gasteiger partial charge is 0.407 e. The van der Waals surface area contributed by atoms with Crippen LogP contribution in [0.3, 0.4) is 0 Å². The first kappa shape index (κ1) is 39.0. The molecule has 298 valence electrons. The zero-order valence-corrected chi connectivity index (χ0v) is 30.4. The van der Waals surface area contributed by atoms with Gasteiger partial charge in [-0.3, -0.25) is 15.1 Å². The molecule has 3 aliphatic rings. The molecule has 3 heterocycles. The number of amides is 2. The van der Waals surface area contributed by atoms with E-state index >= 15 is 0 Å². The van der Waals surface area contributed by atoms with E-state index in [-0.39, 0.29) is 40.7 Å². The maximum atomic E-state index is 14.9. The number of rotatable bonds is 13. The lowest BCUT2D eigenvalue weighted by Gasteiger charge is -2.37. The van der Waals surface area contributed by atoms with Crippen molar-refractivity contribution in [2.75, 3.05) is 6.61 Å². The maximum absolute atomic E-state index is 14.9. The van der Waals surface area contributed by atoms with Crippen LogP contribution >= 0.6 is 11.6 Å². The van der Waals surface area contributed by atoms with Crippen LogP contribution < -0.4 is 10.6 Å². The van der Waals surface area contributed by atoms with Gasteiger partial charge in [0.1, 0.15) is 29.7 Å². The molecule has 4 aromatic rings. The van der Waals surface area contributed by atoms with Gasteiger partial charge in [-0.1, -0.05) is 55.8 Å². The van der Waals surface area contributed by atoms with Crippen LogP contribution in [0.2, 0.25) is 5.02 Å². The van der Waals surface area contributed by atoms with Crippen LogP contribution in [0.4, 0.5) is 35.5 Å². The highest BCUT2D eigenvalue weighted by molar-refractivity contribution is 6.32. The molecule has 3 fully saturated rings. The van der Waals surface area contributed by atoms with E-state index in [1.807, 2.05) is 0 Å². The average Bonchev–Trinajstić information content (AvgIpc) is 4.00. The van der Waals surface area contributed by atoms with Gasteiger partial charge in [0.15, 0.2) is 11.8 Å². The van der Waals surface area contributed by atoms with Gasteiger partial charge in [0.2, 0.25) is 0 Å². The third kappa shape index (κ3) is 7.14. The number of alkyl carbamates (subject to hydrolysis) is 1. The van der Waals surface area contributed by atoms with E-state index in [0.29, 0.717) is 11.3 Å². The molecule has 0 unspecified atom stereocenters. The number of nitrogens with zero attached hydrogens (tertiary/aromatic N) is 7. The van der Waals surface area contributed by atoms with Crippen LogP contribution in [0.25, 0.3) is 16.9 Å². The molecular formula is C35H34ClF7N10O3. The lowest BCUT2D eigenvalue weighted by molar-refractivity contribution is -0.218. The molecule has 2 aromatic heterocycles. The fraction of sp³-hybridized carbons (Fsp3) is 0.457. The predicted molar refractivity (Wildman–Crippen MR) is 184 cm³/mol. The van der Waals surface area contributed by atoms with Gasteiger partial charge in [0.25, 0.3) is 18.8 Å². The molecular weight excluding hydrogens is 777 g/mol. The fourth-order valence-electron chi connectivity index (χ4n) is 6.65. The quantitative estimate of drug-likeness (QED) is 0.119. The summed E-state index contributed by atoms with van der Waals surface area (Å²) < 4.78 is 105. The summed E-state index contributed by atoms with van der Waals surface area (Å²) in [6.07, 6.45) is -8.82. The minimum absolute atomic E-state index is 0.00258. The van der Waals surface area contributed by atoms with Crippen LogP contribution in [0, 0.1) is 10.8 Å². The van der Waals surface area contributed by atoms with Gasteiger partial charge >= 0.3 is 12.3 Å². The molecule has 2 aliphatic carbocycles. The predicted octanol–water partition coefficient (Wildman–Crippen LogP) is 7.26. The summed E-state index contributed by atoms with van der Waals surface area (Å²) >= 11 is 6.39. The SMILES string of the molecule is CC(C)(C[C@]1(c2ccc(-c3cnn(C4CC4)n3)cc2)NC(=N)N([C@H](COC(=O)NC2(C(F)F)CC2)c2ccc(Cl)c(-n3ncnc3C(F)F)c2)C1=O)C(F)(F)F. The third-order valence-electron chi connectivity index (χ3n) is 10.3. The molecule has 21 heteroatoms. The van der Waals surface area contributed by atoms with Crippen LogP contribution in [0.15, 0.2) is 55.0 Å². The zero-order chi connectivity index (χ0) is 40.4. The summed E-state index contributed by atoms with van der Waals surface area (Å²) in [5.41, 5.74) is -5.63. The Morgan fingerprint density at radius 1 is 1.09 bits per heavy atom. The normalized spacial score (nSPS) is 20.1. The Morgan fingerprint density at radius 3 is 2.39 bits per heavy atom. The Morgan fingerprint density at radius 2 is 1.79 bits per heavy atom. The van der Waals surface area contributed by atoms with Crippen LogP contribution in [-0.2, 0) is 15.1 Å². The van der Waals surface area contributed by atoms with Gasteiger partial charge in [-0.2, -0.15) is 33.3 Å². The number of benzene rings is 2. The standard InChI is InChI=1S/C35H34ClF7N10O3/c1-32(2,35(41,42)43)16-34(20-6-3-18(4-7-20)23-14-46-53(50-23)21-8-9-21)29(54)51(30(44)48-34)25(15-56-31(55)49-33(11-12-33)28(39)40)19-5-10-22(36)24(13-19)52-27(26(37)38)45-17-47-52/h3-7,10,13-14,17,21,25-26,28H,8-9,11-12,15-16H2,1-2H3,(H2,44,48)(H,49,55)/t25-,34-/m1/s1. The topological polar surface area (TPSA) is 156 Å². The molecule has 1 saturated heterocycles. The van der Waals surface area contributed by atoms with Gasteiger partial charge in [-0.15, -0.1) is 0 Å². The molecule has 2 atom stereocenters. The minimum Gasteiger partial charge on any atom is -0.447 e. The van der Waals surface area contributed by atoms with Gasteiger partial charge in [0.05, 0.1) is 34.4 Å². The number of carbonyl (C=O) groups excluding carboxylic acids is 2. The summed E-state index contributed by atoms with van der Waals surface area (Å²) in [4.78, 5) is 33.7. The molecule has 0 spiro atoms. The molecule has 0 bridgehead atoms. The van der Waals surface area contributed by atoms with Crippen molar-refractivity contribution < 1.29 is 45.1 Å². The number of halogens is 8. The second-order valence-electron chi connectivity index (χ2n) is 14.7. The molecule has 56 heavy (non-hydrogen) atoms. The summed E-state index contributed by atoms with van der Waals surface area (Å²) in [5.74, 6) is -2.55. The summed E-state index contributed by atoms with van der Waals surface area (Å²) in [6.45, 7) is 0.994. The third-order valence-corrected chi connectivity index (χ3v) is 10.6. The Kier molecular flexibility index (Phi) is 9.77. The monoisotopic (exact) mass is 810 g/mol. The summed E-state index contributed by atoms with van der Waals surface area (Å²) in [7, 11) is 0. The summed E-state index contributed by atoms with van der Waals surface area (Å²) in [6, 6.07) is 8.43. The minimum atomic E-state index is -4.83. The van der Waals surface area contributed by atoms with Crippen LogP contribution in [-0.4, -0.2) is 77.4 Å².